The predicted molar refractivity (Wildman–Crippen MR) is 82.7 cm³/mol. The Balaban J connectivity index is 0. The van der Waals surface area contributed by atoms with Crippen LogP contribution >= 0.6 is 7.81 Å². The van der Waals surface area contributed by atoms with Crippen molar-refractivity contribution in [2.45, 2.75) is 77.6 Å². The van der Waals surface area contributed by atoms with Crippen LogP contribution in [0.4, 0.5) is 25.2 Å². The number of hydrogen-bond donors (Lipinski definition) is 1. The quantitative estimate of drug-likeness (QED) is 0.222. The minimum absolute atomic E-state index is 1.32. The first kappa shape index (κ1) is 24.2. The molecule has 0 radical (unpaired) electrons. The molecule has 0 fully saturated rings. The molecule has 22 heavy (non-hydrogen) atoms. The Labute approximate surface area is 130 Å². The van der Waals surface area contributed by atoms with Crippen molar-refractivity contribution < 1.29 is 30.5 Å². The van der Waals surface area contributed by atoms with Gasteiger partial charge in [0.2, 0.25) is 0 Å². The van der Waals surface area contributed by atoms with Gasteiger partial charge >= 0.3 is 33.0 Å². The van der Waals surface area contributed by atoms with Gasteiger partial charge in [-0.15, -0.1) is 0 Å². The summed E-state index contributed by atoms with van der Waals surface area (Å²) in [5.41, 5.74) is 0. The number of rotatable bonds is 12. The van der Waals surface area contributed by atoms with Gasteiger partial charge in [-0.2, -0.15) is 0 Å². The zero-order chi connectivity index (χ0) is 17.6. The van der Waals surface area contributed by atoms with E-state index in [2.05, 4.69) is 19.3 Å². The first-order chi connectivity index (χ1) is 9.86. The second-order valence-corrected chi connectivity index (χ2v) is 7.61. The molecule has 0 rings (SSSR count). The first-order valence-corrected chi connectivity index (χ1v) is 10.2. The average molecular weight is 359 g/mol. The van der Waals surface area contributed by atoms with Gasteiger partial charge in [-0.25, -0.2) is 0 Å². The maximum absolute atomic E-state index is 10.7. The van der Waals surface area contributed by atoms with Gasteiger partial charge in [-0.1, -0.05) is 64.7 Å². The summed E-state index contributed by atoms with van der Waals surface area (Å²) in [5, 5.41) is 2.29. The van der Waals surface area contributed by atoms with Crippen molar-refractivity contribution in [3.63, 3.8) is 0 Å². The summed E-state index contributed by atoms with van der Waals surface area (Å²) in [4.78, 5) is 0. The summed E-state index contributed by atoms with van der Waals surface area (Å²) in [6.07, 6.45) is 15.9. The van der Waals surface area contributed by atoms with Crippen LogP contribution in [0.25, 0.3) is 0 Å². The molecule has 0 atom stereocenters. The fraction of sp³-hybridized carbons (Fsp3) is 1.00. The summed E-state index contributed by atoms with van der Waals surface area (Å²) in [6.45, 7) is 3.60. The van der Waals surface area contributed by atoms with Crippen molar-refractivity contribution in [1.29, 1.82) is 0 Å². The third kappa shape index (κ3) is 50.2. The van der Waals surface area contributed by atoms with Crippen LogP contribution in [-0.4, -0.2) is 13.6 Å². The van der Waals surface area contributed by atoms with Gasteiger partial charge in [-0.3, -0.25) is 0 Å². The van der Waals surface area contributed by atoms with E-state index < -0.39 is 7.81 Å². The van der Waals surface area contributed by atoms with Gasteiger partial charge < -0.3 is 5.32 Å². The molecule has 0 aliphatic heterocycles. The van der Waals surface area contributed by atoms with Gasteiger partial charge in [0.15, 0.2) is 0 Å². The molecule has 0 aromatic heterocycles. The van der Waals surface area contributed by atoms with Crippen molar-refractivity contribution in [3.8, 4) is 0 Å². The van der Waals surface area contributed by atoms with E-state index in [1.165, 1.54) is 77.2 Å². The first-order valence-electron chi connectivity index (χ1n) is 8.21. The van der Waals surface area contributed by atoms with Gasteiger partial charge in [0, 0.05) is 0 Å². The topological polar surface area (TPSA) is 16.6 Å². The fourth-order valence-electron chi connectivity index (χ4n) is 2.01. The van der Waals surface area contributed by atoms with E-state index in [4.69, 9.17) is 0 Å². The molecule has 140 valence electrons. The normalized spacial score (nSPS) is 14.7. The average Bonchev–Trinajstić information content (AvgIpc) is 2.32. The van der Waals surface area contributed by atoms with Crippen molar-refractivity contribution in [2.75, 3.05) is 13.6 Å². The van der Waals surface area contributed by atoms with Gasteiger partial charge in [0.1, 0.15) is 0 Å². The Morgan fingerprint density at radius 2 is 0.864 bits per heavy atom. The molecular formula is C14H32F6NP. The van der Waals surface area contributed by atoms with E-state index in [1.807, 2.05) is 0 Å². The monoisotopic (exact) mass is 359 g/mol. The summed E-state index contributed by atoms with van der Waals surface area (Å²) in [7, 11) is -8.49. The Kier molecular flexibility index (Phi) is 11.8. The molecule has 0 aromatic rings. The number of hydrogen-bond acceptors (Lipinski definition) is 0. The Morgan fingerprint density at radius 3 is 1.14 bits per heavy atom. The molecule has 0 saturated heterocycles. The minimum atomic E-state index is -10.7. The third-order valence-electron chi connectivity index (χ3n) is 3.10. The molecule has 1 nitrogen and oxygen atoms in total. The molecular weight excluding hydrogens is 327 g/mol. The Hall–Kier alpha value is -0.0300. The van der Waals surface area contributed by atoms with Crippen LogP contribution < -0.4 is 5.32 Å². The second kappa shape index (κ2) is 10.7. The van der Waals surface area contributed by atoms with Crippen LogP contribution in [0.2, 0.25) is 0 Å². The molecule has 0 amide bonds. The Bertz CT molecular complexity index is 228. The molecule has 8 heteroatoms. The van der Waals surface area contributed by atoms with Crippen LogP contribution in [0.3, 0.4) is 0 Å². The maximum atomic E-state index is 9.87. The molecule has 2 N–H and O–H groups in total. The van der Waals surface area contributed by atoms with E-state index in [0.29, 0.717) is 0 Å². The van der Waals surface area contributed by atoms with E-state index in [9.17, 15) is 25.2 Å². The van der Waals surface area contributed by atoms with Crippen molar-refractivity contribution in [3.05, 3.63) is 0 Å². The van der Waals surface area contributed by atoms with Crippen LogP contribution in [0.5, 0.6) is 0 Å². The number of halogens is 6. The molecule has 0 aliphatic rings. The van der Waals surface area contributed by atoms with E-state index in [1.54, 1.807) is 0 Å². The summed E-state index contributed by atoms with van der Waals surface area (Å²) < 4.78 is 59.2. The molecule has 0 aliphatic carbocycles. The predicted octanol–water partition coefficient (Wildman–Crippen LogP) is 6.87. The van der Waals surface area contributed by atoms with E-state index >= 15 is 0 Å². The summed E-state index contributed by atoms with van der Waals surface area (Å²) in [5.74, 6) is 0. The van der Waals surface area contributed by atoms with Crippen LogP contribution in [-0.2, 0) is 0 Å². The number of quaternary nitrogens is 1. The zero-order valence-electron chi connectivity index (χ0n) is 13.8. The molecule has 0 aromatic carbocycles. The van der Waals surface area contributed by atoms with Crippen LogP contribution in [0.1, 0.15) is 77.6 Å². The summed E-state index contributed by atoms with van der Waals surface area (Å²) in [6, 6.07) is 0. The van der Waals surface area contributed by atoms with Gasteiger partial charge in [0.05, 0.1) is 13.6 Å². The number of unbranched alkanes of at least 4 members (excludes halogenated alkanes) is 10. The Morgan fingerprint density at radius 1 is 0.591 bits per heavy atom. The molecule has 0 bridgehead atoms. The zero-order valence-corrected chi connectivity index (χ0v) is 14.7. The van der Waals surface area contributed by atoms with Crippen molar-refractivity contribution in [1.82, 2.24) is 0 Å². The SMILES string of the molecule is CCCCCCCCCCCCC[NH2+]C.F[P-](F)(F)(F)(F)F. The molecule has 0 unspecified atom stereocenters. The van der Waals surface area contributed by atoms with E-state index in [-0.39, 0.29) is 0 Å². The van der Waals surface area contributed by atoms with Crippen molar-refractivity contribution in [2.24, 2.45) is 0 Å². The van der Waals surface area contributed by atoms with E-state index in [0.717, 1.165) is 0 Å². The fourth-order valence-corrected chi connectivity index (χ4v) is 2.01. The van der Waals surface area contributed by atoms with Crippen molar-refractivity contribution >= 4 is 7.81 Å². The third-order valence-corrected chi connectivity index (χ3v) is 3.10. The van der Waals surface area contributed by atoms with Gasteiger partial charge in [0.25, 0.3) is 0 Å². The van der Waals surface area contributed by atoms with Crippen LogP contribution in [0.15, 0.2) is 0 Å². The molecule has 0 spiro atoms. The molecule has 0 saturated carbocycles. The second-order valence-electron chi connectivity index (χ2n) is 5.69. The molecule has 0 heterocycles. The standard InChI is InChI=1S/C14H31N.F6P/c1-3-4-5-6-7-8-9-10-11-12-13-14-15-2;1-7(2,3,4,5)6/h15H,3-14H2,1-2H3;/q;-1/p+1. The van der Waals surface area contributed by atoms with Gasteiger partial charge in [-0.05, 0) is 12.8 Å². The number of nitrogens with two attached hydrogens (primary N) is 1. The summed E-state index contributed by atoms with van der Waals surface area (Å²) >= 11 is 0. The van der Waals surface area contributed by atoms with Crippen LogP contribution in [0, 0.1) is 0 Å².